The van der Waals surface area contributed by atoms with Gasteiger partial charge in [-0.2, -0.15) is 9.36 Å². The molecule has 0 fully saturated rings. The number of thioether (sulfide) groups is 2. The van der Waals surface area contributed by atoms with Gasteiger partial charge in [0.15, 0.2) is 5.58 Å². The molecule has 0 saturated heterocycles. The summed E-state index contributed by atoms with van der Waals surface area (Å²) in [5.74, 6) is 0.238. The van der Waals surface area contributed by atoms with Crippen LogP contribution in [0.25, 0.3) is 33.9 Å². The van der Waals surface area contributed by atoms with E-state index in [1.54, 1.807) is 39.7 Å². The summed E-state index contributed by atoms with van der Waals surface area (Å²) in [7, 11) is 0. The fourth-order valence-electron chi connectivity index (χ4n) is 4.48. The lowest BCUT2D eigenvalue weighted by Gasteiger charge is -2.06. The first-order valence-electron chi connectivity index (χ1n) is 14.1. The van der Waals surface area contributed by atoms with Crippen molar-refractivity contribution in [3.8, 4) is 22.8 Å². The summed E-state index contributed by atoms with van der Waals surface area (Å²) in [5, 5.41) is 30.3. The number of anilines is 2. The van der Waals surface area contributed by atoms with Crippen LogP contribution in [0.15, 0.2) is 118 Å². The summed E-state index contributed by atoms with van der Waals surface area (Å²) >= 11 is 2.47. The van der Waals surface area contributed by atoms with Crippen molar-refractivity contribution in [2.45, 2.75) is 10.3 Å². The molecule has 0 atom stereocenters. The van der Waals surface area contributed by atoms with Crippen molar-refractivity contribution in [1.82, 2.24) is 45.4 Å². The Bertz CT molecular complexity index is 2150. The topological polar surface area (TPSA) is 171 Å². The first-order chi connectivity index (χ1) is 23.1. The van der Waals surface area contributed by atoms with Crippen molar-refractivity contribution in [2.24, 2.45) is 0 Å². The van der Waals surface area contributed by atoms with E-state index in [4.69, 9.17) is 4.42 Å². The van der Waals surface area contributed by atoms with Crippen molar-refractivity contribution in [1.29, 1.82) is 0 Å². The molecule has 7 rings (SSSR count). The summed E-state index contributed by atoms with van der Waals surface area (Å²) in [4.78, 5) is 29.9. The van der Waals surface area contributed by atoms with Crippen molar-refractivity contribution in [3.63, 3.8) is 0 Å². The highest BCUT2D eigenvalue weighted by Crippen LogP contribution is 2.28. The molecule has 7 aromatic rings. The van der Waals surface area contributed by atoms with Gasteiger partial charge in [-0.1, -0.05) is 59.9 Å². The Balaban J connectivity index is 0.936. The predicted octanol–water partition coefficient (Wildman–Crippen LogP) is 4.91. The molecule has 2 N–H and O–H groups in total. The van der Waals surface area contributed by atoms with E-state index in [1.165, 1.54) is 23.5 Å². The maximum atomic E-state index is 12.7. The number of amides is 2. The van der Waals surface area contributed by atoms with Crippen LogP contribution in [0.2, 0.25) is 0 Å². The number of hydrogen-bond acceptors (Lipinski definition) is 12. The molecule has 3 aromatic heterocycles. The van der Waals surface area contributed by atoms with Gasteiger partial charge in [-0.15, -0.1) is 10.2 Å². The maximum absolute atomic E-state index is 12.7. The Morgan fingerprint density at radius 2 is 1.19 bits per heavy atom. The number of tetrazole rings is 2. The number of nitrogens with zero attached hydrogens (tertiary/aromatic N) is 9. The summed E-state index contributed by atoms with van der Waals surface area (Å²) in [6.45, 7) is 0. The molecular weight excluding hydrogens is 639 g/mol. The molecule has 14 nitrogen and oxygen atoms in total. The second kappa shape index (κ2) is 13.6. The van der Waals surface area contributed by atoms with Gasteiger partial charge >= 0.3 is 0 Å². The van der Waals surface area contributed by atoms with Gasteiger partial charge in [-0.05, 0) is 87.6 Å². The zero-order valence-corrected chi connectivity index (χ0v) is 25.9. The van der Waals surface area contributed by atoms with E-state index in [0.717, 1.165) is 16.9 Å². The molecule has 0 radical (unpaired) electrons. The van der Waals surface area contributed by atoms with E-state index in [2.05, 4.69) is 46.7 Å². The third-order valence-corrected chi connectivity index (χ3v) is 8.47. The van der Waals surface area contributed by atoms with Gasteiger partial charge in [0.2, 0.25) is 28.0 Å². The highest BCUT2D eigenvalue weighted by molar-refractivity contribution is 8.00. The monoisotopic (exact) mass is 661 g/mol. The van der Waals surface area contributed by atoms with Crippen molar-refractivity contribution in [3.05, 3.63) is 103 Å². The minimum absolute atomic E-state index is 0.114. The van der Waals surface area contributed by atoms with Gasteiger partial charge in [-0.3, -0.25) is 9.59 Å². The Kier molecular flexibility index (Phi) is 8.65. The Morgan fingerprint density at radius 1 is 0.660 bits per heavy atom. The van der Waals surface area contributed by atoms with Crippen LogP contribution >= 0.6 is 23.5 Å². The second-order valence-electron chi connectivity index (χ2n) is 9.87. The van der Waals surface area contributed by atoms with E-state index in [9.17, 15) is 9.59 Å². The molecule has 0 saturated carbocycles. The predicted molar refractivity (Wildman–Crippen MR) is 176 cm³/mol. The summed E-state index contributed by atoms with van der Waals surface area (Å²) in [6.07, 6.45) is 0. The van der Waals surface area contributed by atoms with Crippen molar-refractivity contribution >= 4 is 57.8 Å². The van der Waals surface area contributed by atoms with E-state index in [1.807, 2.05) is 72.8 Å². The Morgan fingerprint density at radius 3 is 1.77 bits per heavy atom. The number of rotatable bonds is 11. The standard InChI is InChI=1S/C31H23N11O3S2/c43-27(18-46-30-35-37-39-41(30)23-7-3-1-4-8-23)32-21-13-11-20(12-14-21)29-34-25-17-22(15-16-26(25)45-29)33-28(44)19-47-31-36-38-40-42(31)24-9-5-2-6-10-24/h1-17H,18-19H2,(H,32,43)(H,33,44). The zero-order chi connectivity index (χ0) is 32.0. The van der Waals surface area contributed by atoms with Crippen LogP contribution in [0.3, 0.4) is 0 Å². The lowest BCUT2D eigenvalue weighted by atomic mass is 10.2. The van der Waals surface area contributed by atoms with Crippen LogP contribution in [-0.2, 0) is 9.59 Å². The molecule has 0 aliphatic heterocycles. The second-order valence-corrected chi connectivity index (χ2v) is 11.8. The summed E-state index contributed by atoms with van der Waals surface area (Å²) in [6, 6.07) is 31.4. The number of para-hydroxylation sites is 2. The lowest BCUT2D eigenvalue weighted by Crippen LogP contribution is -2.14. The highest BCUT2D eigenvalue weighted by Gasteiger charge is 2.15. The number of carbonyl (C=O) groups is 2. The SMILES string of the molecule is O=C(CSc1nnnn1-c1ccccc1)Nc1ccc(-c2nc3cc(NC(=O)CSc4nnnn4-c4ccccc4)ccc3o2)cc1. The van der Waals surface area contributed by atoms with Gasteiger partial charge < -0.3 is 15.1 Å². The molecule has 232 valence electrons. The first kappa shape index (κ1) is 29.8. The maximum Gasteiger partial charge on any atom is 0.234 e. The highest BCUT2D eigenvalue weighted by atomic mass is 32.2. The molecule has 2 amide bonds. The normalized spacial score (nSPS) is 11.1. The number of oxazole rings is 1. The van der Waals surface area contributed by atoms with Crippen molar-refractivity contribution in [2.75, 3.05) is 22.1 Å². The first-order valence-corrected chi connectivity index (χ1v) is 16.1. The van der Waals surface area contributed by atoms with Crippen LogP contribution in [0.1, 0.15) is 0 Å². The molecule has 0 bridgehead atoms. The quantitative estimate of drug-likeness (QED) is 0.180. The van der Waals surface area contributed by atoms with E-state index >= 15 is 0 Å². The van der Waals surface area contributed by atoms with Gasteiger partial charge in [0.05, 0.1) is 22.9 Å². The van der Waals surface area contributed by atoms with E-state index in [0.29, 0.717) is 38.7 Å². The number of carbonyl (C=O) groups excluding carboxylic acids is 2. The fourth-order valence-corrected chi connectivity index (χ4v) is 5.86. The number of fused-ring (bicyclic) bond motifs is 1. The molecule has 3 heterocycles. The fraction of sp³-hybridized carbons (Fsp3) is 0.0645. The zero-order valence-electron chi connectivity index (χ0n) is 24.3. The van der Waals surface area contributed by atoms with Crippen LogP contribution in [0.4, 0.5) is 11.4 Å². The van der Waals surface area contributed by atoms with Gasteiger partial charge in [0.1, 0.15) is 5.52 Å². The van der Waals surface area contributed by atoms with E-state index < -0.39 is 0 Å². The smallest absolute Gasteiger partial charge is 0.234 e. The third-order valence-electron chi connectivity index (χ3n) is 6.63. The minimum Gasteiger partial charge on any atom is -0.436 e. The molecule has 4 aromatic carbocycles. The molecular formula is C31H23N11O3S2. The number of nitrogens with one attached hydrogen (secondary N) is 2. The minimum atomic E-state index is -0.216. The van der Waals surface area contributed by atoms with Crippen molar-refractivity contribution < 1.29 is 14.0 Å². The van der Waals surface area contributed by atoms with Crippen LogP contribution < -0.4 is 10.6 Å². The molecule has 0 aliphatic rings. The molecule has 16 heteroatoms. The van der Waals surface area contributed by atoms with Gasteiger partial charge in [0, 0.05) is 16.9 Å². The third kappa shape index (κ3) is 7.03. The molecule has 0 aliphatic carbocycles. The Hall–Kier alpha value is -5.87. The van der Waals surface area contributed by atoms with E-state index in [-0.39, 0.29) is 23.3 Å². The van der Waals surface area contributed by atoms with Crippen LogP contribution in [0.5, 0.6) is 0 Å². The average molecular weight is 662 g/mol. The largest absolute Gasteiger partial charge is 0.436 e. The lowest BCUT2D eigenvalue weighted by molar-refractivity contribution is -0.114. The molecule has 0 spiro atoms. The molecule has 47 heavy (non-hydrogen) atoms. The summed E-state index contributed by atoms with van der Waals surface area (Å²) < 4.78 is 9.12. The molecule has 0 unspecified atom stereocenters. The van der Waals surface area contributed by atoms with Crippen LogP contribution in [-0.4, -0.2) is 68.7 Å². The van der Waals surface area contributed by atoms with Gasteiger partial charge in [0.25, 0.3) is 0 Å². The Labute approximate surface area is 275 Å². The number of aromatic nitrogens is 9. The summed E-state index contributed by atoms with van der Waals surface area (Å²) in [5.41, 5.74) is 4.71. The van der Waals surface area contributed by atoms with Crippen LogP contribution in [0, 0.1) is 0 Å². The number of benzene rings is 4. The number of hydrogen-bond donors (Lipinski definition) is 2. The van der Waals surface area contributed by atoms with Gasteiger partial charge in [-0.25, -0.2) is 4.98 Å². The average Bonchev–Trinajstić information content (AvgIpc) is 3.87.